The molecule has 0 aromatic heterocycles. The zero-order valence-electron chi connectivity index (χ0n) is 18.7. The molecule has 1 heterocycles. The van der Waals surface area contributed by atoms with Crippen molar-refractivity contribution in [2.24, 2.45) is 4.99 Å². The van der Waals surface area contributed by atoms with Gasteiger partial charge in [0.2, 0.25) is 0 Å². The normalized spacial score (nSPS) is 15.0. The molecule has 0 fully saturated rings. The van der Waals surface area contributed by atoms with Gasteiger partial charge < -0.3 is 9.84 Å². The van der Waals surface area contributed by atoms with Crippen LogP contribution in [0.4, 0.5) is 24.5 Å². The molecular formula is C25H21F3N2O4S. The number of phenols is 1. The summed E-state index contributed by atoms with van der Waals surface area (Å²) in [6.45, 7) is 3.82. The first-order valence-corrected chi connectivity index (χ1v) is 11.9. The summed E-state index contributed by atoms with van der Waals surface area (Å²) in [6, 6.07) is 12.7. The number of ether oxygens (including phenoxy) is 1. The van der Waals surface area contributed by atoms with E-state index in [-0.39, 0.29) is 16.3 Å². The van der Waals surface area contributed by atoms with E-state index in [4.69, 9.17) is 4.74 Å². The Bertz CT molecular complexity index is 1410. The first-order valence-electron chi connectivity index (χ1n) is 10.4. The largest absolute Gasteiger partial charge is 0.506 e. The molecule has 4 rings (SSSR count). The van der Waals surface area contributed by atoms with Crippen LogP contribution in [0.25, 0.3) is 6.08 Å². The quantitative estimate of drug-likeness (QED) is 0.410. The van der Waals surface area contributed by atoms with Crippen LogP contribution in [-0.2, 0) is 16.2 Å². The summed E-state index contributed by atoms with van der Waals surface area (Å²) < 4.78 is 71.2. The highest BCUT2D eigenvalue weighted by atomic mass is 32.2. The second-order valence-electron chi connectivity index (χ2n) is 8.39. The van der Waals surface area contributed by atoms with Gasteiger partial charge in [-0.15, -0.1) is 0 Å². The maximum atomic E-state index is 12.7. The Morgan fingerprint density at radius 3 is 2.29 bits per heavy atom. The van der Waals surface area contributed by atoms with Gasteiger partial charge in [0.25, 0.3) is 10.0 Å². The molecule has 182 valence electrons. The van der Waals surface area contributed by atoms with Crippen LogP contribution in [0.15, 0.2) is 76.6 Å². The van der Waals surface area contributed by atoms with E-state index in [0.29, 0.717) is 34.7 Å². The Kier molecular flexibility index (Phi) is 6.10. The van der Waals surface area contributed by atoms with Crippen molar-refractivity contribution >= 4 is 33.7 Å². The van der Waals surface area contributed by atoms with Crippen molar-refractivity contribution in [3.05, 3.63) is 83.4 Å². The molecule has 0 aliphatic carbocycles. The fraction of sp³-hybridized carbons (Fsp3) is 0.160. The molecule has 6 nitrogen and oxygen atoms in total. The number of hydrogen-bond donors (Lipinski definition) is 2. The predicted octanol–water partition coefficient (Wildman–Crippen LogP) is 6.15. The Hall–Kier alpha value is -3.79. The summed E-state index contributed by atoms with van der Waals surface area (Å²) in [7, 11) is -4.07. The average molecular weight is 503 g/mol. The molecule has 0 saturated heterocycles. The van der Waals surface area contributed by atoms with Crippen molar-refractivity contribution < 1.29 is 31.4 Å². The van der Waals surface area contributed by atoms with Crippen LogP contribution in [-0.4, -0.2) is 25.3 Å². The molecule has 0 unspecified atom stereocenters. The van der Waals surface area contributed by atoms with Gasteiger partial charge in [-0.05, 0) is 86.7 Å². The van der Waals surface area contributed by atoms with Gasteiger partial charge in [-0.2, -0.15) is 13.2 Å². The first kappa shape index (κ1) is 24.3. The lowest BCUT2D eigenvalue weighted by atomic mass is 10.00. The lowest BCUT2D eigenvalue weighted by molar-refractivity contribution is -0.137. The number of rotatable bonds is 5. The van der Waals surface area contributed by atoms with Crippen LogP contribution >= 0.6 is 0 Å². The molecule has 0 bridgehead atoms. The molecule has 0 atom stereocenters. The molecule has 1 aliphatic rings. The fourth-order valence-electron chi connectivity index (χ4n) is 3.36. The van der Waals surface area contributed by atoms with Crippen molar-refractivity contribution in [2.75, 3.05) is 4.72 Å². The van der Waals surface area contributed by atoms with Crippen LogP contribution in [0.5, 0.6) is 11.5 Å². The van der Waals surface area contributed by atoms with Crippen LogP contribution in [0.2, 0.25) is 0 Å². The van der Waals surface area contributed by atoms with Crippen LogP contribution < -0.4 is 9.46 Å². The van der Waals surface area contributed by atoms with Gasteiger partial charge in [0.15, 0.2) is 0 Å². The number of halogens is 3. The molecule has 0 radical (unpaired) electrons. The van der Waals surface area contributed by atoms with Gasteiger partial charge in [0.1, 0.15) is 17.1 Å². The number of alkyl halides is 3. The number of benzene rings is 3. The van der Waals surface area contributed by atoms with Gasteiger partial charge in [0.05, 0.1) is 21.7 Å². The number of sulfonamides is 1. The minimum atomic E-state index is -4.55. The molecule has 0 amide bonds. The molecule has 10 heteroatoms. The number of aliphatic imine (C=N–C) groups is 1. The monoisotopic (exact) mass is 502 g/mol. The maximum absolute atomic E-state index is 12.7. The van der Waals surface area contributed by atoms with Crippen molar-refractivity contribution in [1.29, 1.82) is 0 Å². The second-order valence-corrected chi connectivity index (χ2v) is 10.1. The second kappa shape index (κ2) is 8.77. The Balaban J connectivity index is 1.47. The third-order valence-electron chi connectivity index (χ3n) is 5.20. The number of anilines is 1. The standard InChI is InChI=1S/C25H21F3N2O4S/c1-24(2)14-13-21-22(34-24)12-3-16(23(21)31)15-29-18-6-8-19(9-7-18)30-35(32,33)20-10-4-17(5-11-20)25(26,27)28/h3-15,30-31H,1-2H3. The zero-order valence-corrected chi connectivity index (χ0v) is 19.5. The van der Waals surface area contributed by atoms with E-state index in [9.17, 15) is 26.7 Å². The Labute approximate surface area is 200 Å². The predicted molar refractivity (Wildman–Crippen MR) is 128 cm³/mol. The SMILES string of the molecule is CC1(C)C=Cc2c(ccc(C=Nc3ccc(NS(=O)(=O)c4ccc(C(F)(F)F)cc4)cc3)c2O)O1. The number of aromatic hydroxyl groups is 1. The van der Waals surface area contributed by atoms with Crippen molar-refractivity contribution in [1.82, 2.24) is 0 Å². The zero-order chi connectivity index (χ0) is 25.4. The van der Waals surface area contributed by atoms with E-state index in [1.54, 1.807) is 30.3 Å². The van der Waals surface area contributed by atoms with Crippen LogP contribution in [0.1, 0.15) is 30.5 Å². The van der Waals surface area contributed by atoms with Crippen molar-refractivity contribution in [2.45, 2.75) is 30.5 Å². The smallest absolute Gasteiger partial charge is 0.416 e. The molecule has 0 spiro atoms. The summed E-state index contributed by atoms with van der Waals surface area (Å²) in [6.07, 6.45) is 0.567. The van der Waals surface area contributed by atoms with E-state index < -0.39 is 27.4 Å². The third kappa shape index (κ3) is 5.48. The lowest BCUT2D eigenvalue weighted by Crippen LogP contribution is -2.27. The highest BCUT2D eigenvalue weighted by molar-refractivity contribution is 7.92. The van der Waals surface area contributed by atoms with E-state index in [2.05, 4.69) is 9.71 Å². The molecule has 2 N–H and O–H groups in total. The van der Waals surface area contributed by atoms with Gasteiger partial charge >= 0.3 is 6.18 Å². The Morgan fingerprint density at radius 1 is 1.00 bits per heavy atom. The molecule has 3 aromatic rings. The van der Waals surface area contributed by atoms with Gasteiger partial charge in [-0.3, -0.25) is 9.71 Å². The molecule has 35 heavy (non-hydrogen) atoms. The molecular weight excluding hydrogens is 481 g/mol. The number of fused-ring (bicyclic) bond motifs is 1. The van der Waals surface area contributed by atoms with Crippen molar-refractivity contribution in [3.8, 4) is 11.5 Å². The summed E-state index contributed by atoms with van der Waals surface area (Å²) in [5, 5.41) is 10.6. The number of phenolic OH excluding ortho intramolecular Hbond substituents is 1. The third-order valence-corrected chi connectivity index (χ3v) is 6.59. The summed E-state index contributed by atoms with van der Waals surface area (Å²) in [5.41, 5.74) is 0.337. The van der Waals surface area contributed by atoms with Gasteiger partial charge in [-0.1, -0.05) is 0 Å². The summed E-state index contributed by atoms with van der Waals surface area (Å²) in [5.74, 6) is 0.593. The number of hydrogen-bond acceptors (Lipinski definition) is 5. The van der Waals surface area contributed by atoms with E-state index in [0.717, 1.165) is 12.1 Å². The van der Waals surface area contributed by atoms with E-state index in [1.807, 2.05) is 19.9 Å². The molecule has 3 aromatic carbocycles. The van der Waals surface area contributed by atoms with Crippen LogP contribution in [0, 0.1) is 0 Å². The average Bonchev–Trinajstić information content (AvgIpc) is 2.78. The van der Waals surface area contributed by atoms with Gasteiger partial charge in [0, 0.05) is 17.5 Å². The lowest BCUT2D eigenvalue weighted by Gasteiger charge is -2.28. The minimum Gasteiger partial charge on any atom is -0.506 e. The molecule has 1 aliphatic heterocycles. The number of nitrogens with zero attached hydrogens (tertiary/aromatic N) is 1. The maximum Gasteiger partial charge on any atom is 0.416 e. The minimum absolute atomic E-state index is 0.0268. The van der Waals surface area contributed by atoms with E-state index in [1.165, 1.54) is 18.3 Å². The van der Waals surface area contributed by atoms with Crippen LogP contribution in [0.3, 0.4) is 0 Å². The fourth-order valence-corrected chi connectivity index (χ4v) is 4.42. The topological polar surface area (TPSA) is 88.0 Å². The summed E-state index contributed by atoms with van der Waals surface area (Å²) >= 11 is 0. The Morgan fingerprint density at radius 2 is 1.66 bits per heavy atom. The molecule has 0 saturated carbocycles. The number of nitrogens with one attached hydrogen (secondary N) is 1. The van der Waals surface area contributed by atoms with Gasteiger partial charge in [-0.25, -0.2) is 8.42 Å². The first-order chi connectivity index (χ1) is 16.3. The highest BCUT2D eigenvalue weighted by Gasteiger charge is 2.30. The summed E-state index contributed by atoms with van der Waals surface area (Å²) in [4.78, 5) is 4.02. The van der Waals surface area contributed by atoms with Crippen molar-refractivity contribution in [3.63, 3.8) is 0 Å². The van der Waals surface area contributed by atoms with E-state index >= 15 is 0 Å². The highest BCUT2D eigenvalue weighted by Crippen LogP contribution is 2.38.